The number of nitrogens with zero attached hydrogens (tertiary/aromatic N) is 2. The number of amides is 2. The number of anilines is 3. The fourth-order valence-electron chi connectivity index (χ4n) is 3.00. The van der Waals surface area contributed by atoms with E-state index < -0.39 is 29.3 Å². The van der Waals surface area contributed by atoms with Crippen molar-refractivity contribution in [3.05, 3.63) is 76.9 Å². The third kappa shape index (κ3) is 4.15. The third-order valence-corrected chi connectivity index (χ3v) is 4.55. The van der Waals surface area contributed by atoms with Crippen molar-refractivity contribution < 1.29 is 26.8 Å². The molecule has 160 valence electrons. The second-order valence-corrected chi connectivity index (χ2v) is 6.57. The summed E-state index contributed by atoms with van der Waals surface area (Å²) in [4.78, 5) is 18.1. The van der Waals surface area contributed by atoms with Crippen molar-refractivity contribution >= 4 is 28.9 Å². The van der Waals surface area contributed by atoms with Crippen LogP contribution in [-0.4, -0.2) is 12.7 Å². The summed E-state index contributed by atoms with van der Waals surface area (Å²) in [5, 5.41) is 5.18. The van der Waals surface area contributed by atoms with E-state index in [0.717, 1.165) is 0 Å². The van der Waals surface area contributed by atoms with Crippen molar-refractivity contribution in [2.75, 3.05) is 22.2 Å². The summed E-state index contributed by atoms with van der Waals surface area (Å²) in [5.41, 5.74) is 5.98. The first-order valence-corrected chi connectivity index (χ1v) is 8.92. The van der Waals surface area contributed by atoms with Gasteiger partial charge in [0.1, 0.15) is 18.3 Å². The van der Waals surface area contributed by atoms with Gasteiger partial charge < -0.3 is 25.7 Å². The highest BCUT2D eigenvalue weighted by Crippen LogP contribution is 2.32. The van der Waals surface area contributed by atoms with E-state index in [-0.39, 0.29) is 6.67 Å². The van der Waals surface area contributed by atoms with Gasteiger partial charge in [0.05, 0.1) is 22.7 Å². The summed E-state index contributed by atoms with van der Waals surface area (Å²) in [6.07, 6.45) is -3.17. The van der Waals surface area contributed by atoms with Gasteiger partial charge in [-0.15, -0.1) is 0 Å². The maximum absolute atomic E-state index is 13.8. The van der Waals surface area contributed by atoms with Crippen molar-refractivity contribution in [1.82, 2.24) is 0 Å². The van der Waals surface area contributed by atoms with Crippen LogP contribution >= 0.6 is 0 Å². The lowest BCUT2D eigenvalue weighted by atomic mass is 10.2. The number of fused-ring (bicyclic) bond motifs is 1. The highest BCUT2D eigenvalue weighted by Gasteiger charge is 2.31. The van der Waals surface area contributed by atoms with Crippen LogP contribution in [0.15, 0.2) is 64.2 Å². The molecule has 2 amide bonds. The number of halogens is 4. The molecule has 0 fully saturated rings. The number of nitrogens with two attached hydrogens (primary N) is 1. The van der Waals surface area contributed by atoms with Crippen molar-refractivity contribution in [2.24, 2.45) is 10.7 Å². The van der Waals surface area contributed by atoms with Gasteiger partial charge in [-0.25, -0.2) is 14.2 Å². The molecule has 0 saturated heterocycles. The van der Waals surface area contributed by atoms with Gasteiger partial charge in [0.15, 0.2) is 0 Å². The fraction of sp³-hybridized carbons (Fsp3) is 0.100. The van der Waals surface area contributed by atoms with E-state index in [4.69, 9.17) is 10.2 Å². The van der Waals surface area contributed by atoms with Crippen LogP contribution in [0.5, 0.6) is 0 Å². The van der Waals surface area contributed by atoms with E-state index in [1.165, 1.54) is 6.26 Å². The summed E-state index contributed by atoms with van der Waals surface area (Å²) in [6.45, 7) is 0.244. The van der Waals surface area contributed by atoms with Crippen LogP contribution in [0, 0.1) is 5.82 Å². The molecule has 31 heavy (non-hydrogen) atoms. The Kier molecular flexibility index (Phi) is 5.01. The lowest BCUT2D eigenvalue weighted by Gasteiger charge is -2.24. The Bertz CT molecular complexity index is 1250. The average molecular weight is 433 g/mol. The molecule has 3 aromatic rings. The van der Waals surface area contributed by atoms with Gasteiger partial charge in [0, 0.05) is 11.4 Å². The molecule has 0 saturated carbocycles. The van der Waals surface area contributed by atoms with Gasteiger partial charge in [-0.3, -0.25) is 0 Å². The van der Waals surface area contributed by atoms with Crippen LogP contribution in [0.2, 0.25) is 0 Å². The number of benzene rings is 2. The standard InChI is InChI=1S/C20H15F4N5O2/c21-15-6-1-11(20(22,23)24)9-16(15)28-19(30)27-12-2-4-13(5-3-12)29-10-26-18-14(17(29)25)7-8-31-18/h1-9H,10,25H2,(H2,27,28,30). The van der Waals surface area contributed by atoms with E-state index in [1.54, 1.807) is 35.2 Å². The minimum atomic E-state index is -4.66. The van der Waals surface area contributed by atoms with Crippen molar-refractivity contribution in [3.8, 4) is 0 Å². The lowest BCUT2D eigenvalue weighted by molar-refractivity contribution is -0.137. The normalized spacial score (nSPS) is 13.4. The molecule has 2 aromatic carbocycles. The summed E-state index contributed by atoms with van der Waals surface area (Å²) in [6, 6.07) is 9.05. The summed E-state index contributed by atoms with van der Waals surface area (Å²) >= 11 is 0. The Morgan fingerprint density at radius 3 is 2.55 bits per heavy atom. The van der Waals surface area contributed by atoms with E-state index >= 15 is 0 Å². The van der Waals surface area contributed by atoms with Crippen molar-refractivity contribution in [3.63, 3.8) is 0 Å². The number of urea groups is 1. The van der Waals surface area contributed by atoms with Crippen LogP contribution in [-0.2, 0) is 6.18 Å². The molecule has 2 heterocycles. The second kappa shape index (κ2) is 7.67. The first kappa shape index (κ1) is 20.3. The first-order chi connectivity index (χ1) is 14.7. The molecule has 11 heteroatoms. The maximum atomic E-state index is 13.8. The molecule has 1 aliphatic rings. The molecule has 0 bridgehead atoms. The number of hydrogen-bond acceptors (Lipinski definition) is 5. The largest absolute Gasteiger partial charge is 0.446 e. The van der Waals surface area contributed by atoms with Crippen LogP contribution < -0.4 is 32.0 Å². The van der Waals surface area contributed by atoms with Crippen LogP contribution in [0.3, 0.4) is 0 Å². The zero-order valence-electron chi connectivity index (χ0n) is 15.7. The van der Waals surface area contributed by atoms with E-state index in [2.05, 4.69) is 15.6 Å². The molecule has 0 spiro atoms. The molecule has 0 unspecified atom stereocenters. The lowest BCUT2D eigenvalue weighted by Crippen LogP contribution is -2.42. The zero-order chi connectivity index (χ0) is 22.2. The first-order valence-electron chi connectivity index (χ1n) is 8.92. The molecular weight excluding hydrogens is 418 g/mol. The van der Waals surface area contributed by atoms with Crippen LogP contribution in [0.1, 0.15) is 5.56 Å². The molecule has 0 radical (unpaired) electrons. The van der Waals surface area contributed by atoms with Gasteiger partial charge in [-0.1, -0.05) is 0 Å². The molecule has 1 aromatic heterocycles. The summed E-state index contributed by atoms with van der Waals surface area (Å²) in [7, 11) is 0. The molecule has 4 rings (SSSR count). The number of furan rings is 1. The smallest absolute Gasteiger partial charge is 0.416 e. The van der Waals surface area contributed by atoms with Gasteiger partial charge in [0.2, 0.25) is 5.55 Å². The average Bonchev–Trinajstić information content (AvgIpc) is 3.20. The highest BCUT2D eigenvalue weighted by molar-refractivity contribution is 6.00. The number of carbonyl (C=O) groups excluding carboxylic acids is 1. The van der Waals surface area contributed by atoms with Crippen LogP contribution in [0.4, 0.5) is 39.4 Å². The minimum Gasteiger partial charge on any atom is -0.446 e. The van der Waals surface area contributed by atoms with Crippen molar-refractivity contribution in [2.45, 2.75) is 6.18 Å². The fourth-order valence-corrected chi connectivity index (χ4v) is 3.00. The number of alkyl halides is 3. The predicted molar refractivity (Wildman–Crippen MR) is 105 cm³/mol. The van der Waals surface area contributed by atoms with E-state index in [9.17, 15) is 22.4 Å². The Labute approximate surface area is 172 Å². The van der Waals surface area contributed by atoms with Gasteiger partial charge in [-0.2, -0.15) is 13.2 Å². The van der Waals surface area contributed by atoms with Crippen LogP contribution in [0.25, 0.3) is 5.82 Å². The van der Waals surface area contributed by atoms with E-state index in [1.807, 2.05) is 0 Å². The van der Waals surface area contributed by atoms with Gasteiger partial charge >= 0.3 is 12.2 Å². The quantitative estimate of drug-likeness (QED) is 0.553. The second-order valence-electron chi connectivity index (χ2n) is 6.57. The van der Waals surface area contributed by atoms with Gasteiger partial charge in [-0.05, 0) is 48.5 Å². The predicted octanol–water partition coefficient (Wildman–Crippen LogP) is 3.20. The molecular formula is C20H15F4N5O2. The highest BCUT2D eigenvalue weighted by atomic mass is 19.4. The molecule has 1 aliphatic heterocycles. The number of carbonyl (C=O) groups is 1. The van der Waals surface area contributed by atoms with E-state index in [0.29, 0.717) is 46.2 Å². The molecule has 4 N–H and O–H groups in total. The minimum absolute atomic E-state index is 0.244. The topological polar surface area (TPSA) is 95.9 Å². The van der Waals surface area contributed by atoms with Gasteiger partial charge in [0.25, 0.3) is 0 Å². The third-order valence-electron chi connectivity index (χ3n) is 4.55. The Morgan fingerprint density at radius 2 is 1.84 bits per heavy atom. The molecule has 7 nitrogen and oxygen atoms in total. The number of rotatable bonds is 3. The molecule has 0 atom stereocenters. The Morgan fingerprint density at radius 1 is 1.10 bits per heavy atom. The monoisotopic (exact) mass is 433 g/mol. The Hall–Kier alpha value is -4.02. The number of nitrogens with one attached hydrogen (secondary N) is 2. The summed E-state index contributed by atoms with van der Waals surface area (Å²) < 4.78 is 57.4. The van der Waals surface area contributed by atoms with Crippen molar-refractivity contribution in [1.29, 1.82) is 0 Å². The Balaban J connectivity index is 1.46. The maximum Gasteiger partial charge on any atom is 0.416 e. The zero-order valence-corrected chi connectivity index (χ0v) is 15.7. The SMILES string of the molecule is NC1=c2ccoc2=NCN1c1ccc(NC(=O)Nc2cc(C(F)(F)F)ccc2F)cc1. The number of hydrogen-bond donors (Lipinski definition) is 3. The summed E-state index contributed by atoms with van der Waals surface area (Å²) in [5.74, 6) is -0.533. The molecule has 0 aliphatic carbocycles.